The first kappa shape index (κ1) is 24.3. The zero-order valence-electron chi connectivity index (χ0n) is 23.2. The molecule has 0 aliphatic carbocycles. The van der Waals surface area contributed by atoms with Gasteiger partial charge in [0.15, 0.2) is 0 Å². The maximum absolute atomic E-state index is 2.40. The lowest BCUT2D eigenvalue weighted by Crippen LogP contribution is -1.91. The Balaban J connectivity index is 1.40. The van der Waals surface area contributed by atoms with Crippen molar-refractivity contribution in [2.24, 2.45) is 0 Å². The largest absolute Gasteiger partial charge is 0.0622 e. The van der Waals surface area contributed by atoms with E-state index in [-0.39, 0.29) is 0 Å². The van der Waals surface area contributed by atoms with E-state index in [2.05, 4.69) is 170 Å². The van der Waals surface area contributed by atoms with E-state index in [1.165, 1.54) is 76.8 Å². The Kier molecular flexibility index (Phi) is 5.90. The highest BCUT2D eigenvalue weighted by Gasteiger charge is 2.17. The fourth-order valence-electron chi connectivity index (χ4n) is 6.53. The molecule has 0 fully saturated rings. The van der Waals surface area contributed by atoms with Crippen molar-refractivity contribution in [2.75, 3.05) is 0 Å². The summed E-state index contributed by atoms with van der Waals surface area (Å²) in [6.07, 6.45) is 0. The van der Waals surface area contributed by atoms with Gasteiger partial charge in [0.25, 0.3) is 0 Å². The Morgan fingerprint density at radius 1 is 0.238 bits per heavy atom. The second kappa shape index (κ2) is 10.2. The molecule has 0 heteroatoms. The van der Waals surface area contributed by atoms with Crippen LogP contribution in [0.2, 0.25) is 0 Å². The van der Waals surface area contributed by atoms with E-state index in [1.54, 1.807) is 0 Å². The molecule has 0 aromatic heterocycles. The van der Waals surface area contributed by atoms with Gasteiger partial charge in [-0.15, -0.1) is 0 Å². The van der Waals surface area contributed by atoms with Crippen molar-refractivity contribution in [3.05, 3.63) is 170 Å². The summed E-state index contributed by atoms with van der Waals surface area (Å²) in [6, 6.07) is 61.7. The summed E-state index contributed by atoms with van der Waals surface area (Å²) in [5.41, 5.74) is 9.98. The molecular weight excluding hydrogens is 504 g/mol. The molecule has 0 heterocycles. The van der Waals surface area contributed by atoms with Crippen LogP contribution in [0.5, 0.6) is 0 Å². The van der Waals surface area contributed by atoms with E-state index in [9.17, 15) is 0 Å². The van der Waals surface area contributed by atoms with E-state index < -0.39 is 0 Å². The third-order valence-electron chi connectivity index (χ3n) is 8.45. The monoisotopic (exact) mass is 532 g/mol. The highest BCUT2D eigenvalue weighted by atomic mass is 14.2. The molecule has 0 N–H and O–H groups in total. The number of hydrogen-bond acceptors (Lipinski definition) is 0. The SMILES string of the molecule is c1ccc(-c2c3ccccc3c(-c3ccccc3)c3cc(-c4cccc(-c5cccc6ccccc56)c4)ccc23)cc1. The number of rotatable bonds is 4. The van der Waals surface area contributed by atoms with Crippen LogP contribution in [-0.2, 0) is 0 Å². The van der Waals surface area contributed by atoms with E-state index in [1.807, 2.05) is 0 Å². The van der Waals surface area contributed by atoms with Gasteiger partial charge in [-0.2, -0.15) is 0 Å². The molecule has 196 valence electrons. The van der Waals surface area contributed by atoms with Crippen molar-refractivity contribution < 1.29 is 0 Å². The molecule has 0 saturated heterocycles. The van der Waals surface area contributed by atoms with Gasteiger partial charge < -0.3 is 0 Å². The Morgan fingerprint density at radius 2 is 0.714 bits per heavy atom. The second-order valence-corrected chi connectivity index (χ2v) is 10.9. The van der Waals surface area contributed by atoms with Crippen molar-refractivity contribution >= 4 is 32.3 Å². The first-order valence-corrected chi connectivity index (χ1v) is 14.5. The summed E-state index contributed by atoms with van der Waals surface area (Å²) in [5.74, 6) is 0. The topological polar surface area (TPSA) is 0 Å². The molecule has 8 aromatic rings. The van der Waals surface area contributed by atoms with Crippen molar-refractivity contribution in [2.45, 2.75) is 0 Å². The Bertz CT molecular complexity index is 2220. The van der Waals surface area contributed by atoms with Crippen LogP contribution in [0.1, 0.15) is 0 Å². The smallest absolute Gasteiger partial charge is 0.00262 e. The van der Waals surface area contributed by atoms with Crippen molar-refractivity contribution in [3.8, 4) is 44.5 Å². The maximum atomic E-state index is 2.40. The summed E-state index contributed by atoms with van der Waals surface area (Å²) in [6.45, 7) is 0. The predicted octanol–water partition coefficient (Wildman–Crippen LogP) is 11.8. The van der Waals surface area contributed by atoms with Crippen molar-refractivity contribution in [3.63, 3.8) is 0 Å². The van der Waals surface area contributed by atoms with E-state index in [0.29, 0.717) is 0 Å². The standard InChI is InChI=1S/C42H28/c1-3-14-30(15-4-1)41-37-22-9-10-23-38(37)42(31-16-5-2-6-17-31)40-28-33(25-26-39(40)41)32-19-11-20-34(27-32)36-24-12-18-29-13-7-8-21-35(29)36/h1-28H. The fourth-order valence-corrected chi connectivity index (χ4v) is 6.53. The molecule has 0 saturated carbocycles. The lowest BCUT2D eigenvalue weighted by atomic mass is 9.84. The molecule has 0 amide bonds. The zero-order chi connectivity index (χ0) is 27.9. The molecule has 0 aliphatic rings. The van der Waals surface area contributed by atoms with Crippen LogP contribution in [-0.4, -0.2) is 0 Å². The molecule has 0 bridgehead atoms. The van der Waals surface area contributed by atoms with Crippen LogP contribution in [0, 0.1) is 0 Å². The third-order valence-corrected chi connectivity index (χ3v) is 8.45. The molecular formula is C42H28. The lowest BCUT2D eigenvalue weighted by Gasteiger charge is -2.19. The predicted molar refractivity (Wildman–Crippen MR) is 181 cm³/mol. The molecule has 0 aliphatic heterocycles. The minimum Gasteiger partial charge on any atom is -0.0622 e. The third kappa shape index (κ3) is 4.08. The summed E-state index contributed by atoms with van der Waals surface area (Å²) >= 11 is 0. The summed E-state index contributed by atoms with van der Waals surface area (Å²) < 4.78 is 0. The lowest BCUT2D eigenvalue weighted by molar-refractivity contribution is 1.61. The van der Waals surface area contributed by atoms with Gasteiger partial charge in [0.1, 0.15) is 0 Å². The summed E-state index contributed by atoms with van der Waals surface area (Å²) in [4.78, 5) is 0. The first-order chi connectivity index (χ1) is 20.8. The van der Waals surface area contributed by atoms with E-state index >= 15 is 0 Å². The van der Waals surface area contributed by atoms with Gasteiger partial charge in [-0.1, -0.05) is 158 Å². The van der Waals surface area contributed by atoms with Crippen LogP contribution in [0.25, 0.3) is 76.8 Å². The van der Waals surface area contributed by atoms with Crippen molar-refractivity contribution in [1.29, 1.82) is 0 Å². The quantitative estimate of drug-likeness (QED) is 0.198. The van der Waals surface area contributed by atoms with Crippen LogP contribution in [0.3, 0.4) is 0 Å². The van der Waals surface area contributed by atoms with E-state index in [0.717, 1.165) is 0 Å². The Morgan fingerprint density at radius 3 is 1.43 bits per heavy atom. The van der Waals surface area contributed by atoms with Crippen LogP contribution < -0.4 is 0 Å². The van der Waals surface area contributed by atoms with Gasteiger partial charge in [0.2, 0.25) is 0 Å². The van der Waals surface area contributed by atoms with Gasteiger partial charge in [-0.3, -0.25) is 0 Å². The van der Waals surface area contributed by atoms with Gasteiger partial charge in [0.05, 0.1) is 0 Å². The number of benzene rings is 8. The Hall–Kier alpha value is -5.46. The van der Waals surface area contributed by atoms with Crippen LogP contribution in [0.4, 0.5) is 0 Å². The number of hydrogen-bond donors (Lipinski definition) is 0. The fraction of sp³-hybridized carbons (Fsp3) is 0. The summed E-state index contributed by atoms with van der Waals surface area (Å²) in [7, 11) is 0. The molecule has 0 radical (unpaired) electrons. The molecule has 0 spiro atoms. The average Bonchev–Trinajstić information content (AvgIpc) is 3.07. The number of fused-ring (bicyclic) bond motifs is 3. The first-order valence-electron chi connectivity index (χ1n) is 14.5. The molecule has 8 rings (SSSR count). The van der Waals surface area contributed by atoms with Gasteiger partial charge in [0, 0.05) is 0 Å². The van der Waals surface area contributed by atoms with Gasteiger partial charge in [-0.05, 0) is 89.0 Å². The second-order valence-electron chi connectivity index (χ2n) is 10.9. The summed E-state index contributed by atoms with van der Waals surface area (Å²) in [5, 5.41) is 7.64. The zero-order valence-corrected chi connectivity index (χ0v) is 23.2. The molecule has 42 heavy (non-hydrogen) atoms. The van der Waals surface area contributed by atoms with Crippen LogP contribution in [0.15, 0.2) is 170 Å². The highest BCUT2D eigenvalue weighted by Crippen LogP contribution is 2.45. The molecule has 0 atom stereocenters. The minimum atomic E-state index is 1.22. The Labute approximate surface area is 246 Å². The molecule has 0 nitrogen and oxygen atoms in total. The van der Waals surface area contributed by atoms with Crippen LogP contribution >= 0.6 is 0 Å². The van der Waals surface area contributed by atoms with E-state index in [4.69, 9.17) is 0 Å². The minimum absolute atomic E-state index is 1.22. The van der Waals surface area contributed by atoms with Crippen molar-refractivity contribution in [1.82, 2.24) is 0 Å². The average molecular weight is 533 g/mol. The maximum Gasteiger partial charge on any atom is -0.00262 e. The highest BCUT2D eigenvalue weighted by molar-refractivity contribution is 6.22. The normalized spacial score (nSPS) is 11.3. The van der Waals surface area contributed by atoms with Gasteiger partial charge in [-0.25, -0.2) is 0 Å². The molecule has 0 unspecified atom stereocenters. The molecule has 8 aromatic carbocycles. The van der Waals surface area contributed by atoms with Gasteiger partial charge >= 0.3 is 0 Å².